The molecule has 2 unspecified atom stereocenters. The van der Waals surface area contributed by atoms with Crippen LogP contribution < -0.4 is 10.6 Å². The van der Waals surface area contributed by atoms with Crippen molar-refractivity contribution in [1.82, 2.24) is 15.2 Å². The number of aromatic nitrogens is 1. The molecule has 1 aromatic rings. The van der Waals surface area contributed by atoms with E-state index in [0.29, 0.717) is 17.0 Å². The highest BCUT2D eigenvalue weighted by molar-refractivity contribution is 8.00. The molecule has 0 bridgehead atoms. The smallest absolute Gasteiger partial charge is 0.413 e. The van der Waals surface area contributed by atoms with Crippen molar-refractivity contribution in [2.45, 2.75) is 77.5 Å². The number of rotatable bonds is 7. The van der Waals surface area contributed by atoms with E-state index >= 15 is 0 Å². The summed E-state index contributed by atoms with van der Waals surface area (Å²) in [5.41, 5.74) is -0.553. The number of fused-ring (bicyclic) bond motifs is 1. The van der Waals surface area contributed by atoms with Gasteiger partial charge >= 0.3 is 18.0 Å². The second-order valence-corrected chi connectivity index (χ2v) is 12.6. The van der Waals surface area contributed by atoms with Gasteiger partial charge in [-0.15, -0.1) is 23.1 Å². The fraction of sp³-hybridized carbons (Fsp3) is 0.583. The van der Waals surface area contributed by atoms with E-state index < -0.39 is 52.5 Å². The summed E-state index contributed by atoms with van der Waals surface area (Å²) in [6, 6.07) is -0.849. The molecular weight excluding hydrogens is 536 g/mol. The number of β-lactam (4-membered cyclic amide) rings is 1. The zero-order chi connectivity index (χ0) is 28.4. The first-order valence-corrected chi connectivity index (χ1v) is 13.7. The Morgan fingerprint density at radius 1 is 1.11 bits per heavy atom. The molecular formula is C24H32N4O8S2. The molecule has 1 aromatic heterocycles. The van der Waals surface area contributed by atoms with Gasteiger partial charge in [-0.05, 0) is 41.5 Å². The molecule has 2 aliphatic rings. The molecule has 0 aromatic carbocycles. The van der Waals surface area contributed by atoms with Crippen molar-refractivity contribution in [3.63, 3.8) is 0 Å². The minimum absolute atomic E-state index is 0.0396. The summed E-state index contributed by atoms with van der Waals surface area (Å²) in [4.78, 5) is 67.5. The van der Waals surface area contributed by atoms with E-state index in [2.05, 4.69) is 15.6 Å². The van der Waals surface area contributed by atoms with Crippen molar-refractivity contribution in [3.05, 3.63) is 22.3 Å². The average molecular weight is 569 g/mol. The lowest BCUT2D eigenvalue weighted by Gasteiger charge is -2.49. The molecule has 1 saturated heterocycles. The van der Waals surface area contributed by atoms with Crippen molar-refractivity contribution in [3.8, 4) is 0 Å². The van der Waals surface area contributed by atoms with Gasteiger partial charge in [-0.3, -0.25) is 24.6 Å². The van der Waals surface area contributed by atoms with E-state index in [1.165, 1.54) is 23.6 Å². The highest BCUT2D eigenvalue weighted by atomic mass is 32.2. The molecule has 3 heterocycles. The first-order chi connectivity index (χ1) is 17.5. The zero-order valence-corrected chi connectivity index (χ0v) is 24.0. The Morgan fingerprint density at radius 2 is 1.76 bits per heavy atom. The largest absolute Gasteiger partial charge is 0.461 e. The van der Waals surface area contributed by atoms with Crippen LogP contribution in [0, 0.1) is 0 Å². The van der Waals surface area contributed by atoms with Gasteiger partial charge in [-0.1, -0.05) is 0 Å². The number of hydrogen-bond donors (Lipinski definition) is 2. The van der Waals surface area contributed by atoms with E-state index in [1.54, 1.807) is 46.9 Å². The van der Waals surface area contributed by atoms with Crippen molar-refractivity contribution < 1.29 is 38.2 Å². The Morgan fingerprint density at radius 3 is 2.37 bits per heavy atom. The number of anilines is 1. The van der Waals surface area contributed by atoms with Gasteiger partial charge in [0.1, 0.15) is 34.9 Å². The van der Waals surface area contributed by atoms with Crippen LogP contribution in [0.25, 0.3) is 0 Å². The van der Waals surface area contributed by atoms with Gasteiger partial charge in [0, 0.05) is 23.6 Å². The molecule has 3 rings (SSSR count). The lowest BCUT2D eigenvalue weighted by Crippen LogP contribution is -2.71. The molecule has 38 heavy (non-hydrogen) atoms. The van der Waals surface area contributed by atoms with E-state index in [0.717, 1.165) is 11.3 Å². The molecule has 2 atom stereocenters. The summed E-state index contributed by atoms with van der Waals surface area (Å²) < 4.78 is 15.8. The molecule has 3 amide bonds. The third kappa shape index (κ3) is 7.69. The fourth-order valence-corrected chi connectivity index (χ4v) is 5.55. The molecule has 0 saturated carbocycles. The molecule has 2 aliphatic heterocycles. The Hall–Kier alpha value is -3.13. The number of carbonyl (C=O) groups is 5. The SMILES string of the molecule is CC(=O)OCC1=C(C(=O)OC(C)(C)C)N2C(=O)C(NC(=O)Cc3csc(NC(=O)OC(C)(C)C)n3)C2SC1. The minimum Gasteiger partial charge on any atom is -0.461 e. The minimum atomic E-state index is -0.849. The number of ether oxygens (including phenoxy) is 3. The number of carbonyl (C=O) groups excluding carboxylic acids is 5. The van der Waals surface area contributed by atoms with Gasteiger partial charge in [-0.2, -0.15) is 0 Å². The fourth-order valence-electron chi connectivity index (χ4n) is 3.52. The van der Waals surface area contributed by atoms with E-state index in [4.69, 9.17) is 14.2 Å². The van der Waals surface area contributed by atoms with Crippen molar-refractivity contribution >= 4 is 58.1 Å². The molecule has 0 radical (unpaired) electrons. The number of thiazole rings is 1. The Balaban J connectivity index is 1.65. The molecule has 0 spiro atoms. The van der Waals surface area contributed by atoms with Gasteiger partial charge < -0.3 is 19.5 Å². The predicted molar refractivity (Wildman–Crippen MR) is 140 cm³/mol. The third-order valence-electron chi connectivity index (χ3n) is 4.91. The highest BCUT2D eigenvalue weighted by Crippen LogP contribution is 2.41. The molecule has 1 fully saturated rings. The Bertz CT molecular complexity index is 1160. The number of esters is 2. The van der Waals surface area contributed by atoms with Gasteiger partial charge in [-0.25, -0.2) is 14.6 Å². The summed E-state index contributed by atoms with van der Waals surface area (Å²) in [6.07, 6.45) is -0.764. The highest BCUT2D eigenvalue weighted by Gasteiger charge is 2.54. The summed E-state index contributed by atoms with van der Waals surface area (Å²) in [5, 5.41) is 6.62. The first kappa shape index (κ1) is 29.4. The van der Waals surface area contributed by atoms with Crippen LogP contribution in [0.4, 0.5) is 9.93 Å². The van der Waals surface area contributed by atoms with Crippen LogP contribution in [-0.2, 0) is 39.8 Å². The van der Waals surface area contributed by atoms with E-state index in [1.807, 2.05) is 0 Å². The van der Waals surface area contributed by atoms with Gasteiger partial charge in [0.15, 0.2) is 5.13 Å². The molecule has 12 nitrogen and oxygen atoms in total. The van der Waals surface area contributed by atoms with E-state index in [9.17, 15) is 24.0 Å². The summed E-state index contributed by atoms with van der Waals surface area (Å²) in [5.74, 6) is -1.81. The van der Waals surface area contributed by atoms with Crippen LogP contribution in [0.15, 0.2) is 16.7 Å². The second-order valence-electron chi connectivity index (χ2n) is 10.6. The number of thioether (sulfide) groups is 1. The number of nitrogens with zero attached hydrogens (tertiary/aromatic N) is 2. The first-order valence-electron chi connectivity index (χ1n) is 11.8. The van der Waals surface area contributed by atoms with Crippen LogP contribution in [0.3, 0.4) is 0 Å². The molecule has 0 aliphatic carbocycles. The predicted octanol–water partition coefficient (Wildman–Crippen LogP) is 2.59. The van der Waals surface area contributed by atoms with E-state index in [-0.39, 0.29) is 23.9 Å². The third-order valence-corrected chi connectivity index (χ3v) is 7.05. The number of amides is 3. The maximum Gasteiger partial charge on any atom is 0.413 e. The monoisotopic (exact) mass is 568 g/mol. The summed E-state index contributed by atoms with van der Waals surface area (Å²) >= 11 is 2.49. The lowest BCUT2D eigenvalue weighted by atomic mass is 10.0. The topological polar surface area (TPSA) is 153 Å². The Kier molecular flexibility index (Phi) is 8.76. The van der Waals surface area contributed by atoms with Gasteiger partial charge in [0.05, 0.1) is 12.1 Å². The standard InChI is InChI=1S/C24H32N4O8S2/c1-12(29)34-9-13-10-37-19-16(18(31)28(19)17(13)20(32)35-23(2,3)4)26-15(30)8-14-11-38-21(25-14)27-22(33)36-24(5,6)7/h11,16,19H,8-10H2,1-7H3,(H,26,30)(H,25,27,33). The normalized spacial score (nSPS) is 19.2. The maximum absolute atomic E-state index is 13.1. The quantitative estimate of drug-likeness (QED) is 0.285. The van der Waals surface area contributed by atoms with Gasteiger partial charge in [0.25, 0.3) is 5.91 Å². The molecule has 14 heteroatoms. The van der Waals surface area contributed by atoms with Crippen LogP contribution in [0.2, 0.25) is 0 Å². The Labute approximate surface area is 228 Å². The van der Waals surface area contributed by atoms with Crippen LogP contribution in [0.5, 0.6) is 0 Å². The van der Waals surface area contributed by atoms with Crippen molar-refractivity contribution in [2.24, 2.45) is 0 Å². The van der Waals surface area contributed by atoms with Crippen molar-refractivity contribution in [2.75, 3.05) is 17.7 Å². The summed E-state index contributed by atoms with van der Waals surface area (Å²) in [7, 11) is 0. The van der Waals surface area contributed by atoms with Gasteiger partial charge in [0.2, 0.25) is 5.91 Å². The molecule has 2 N–H and O–H groups in total. The zero-order valence-electron chi connectivity index (χ0n) is 22.3. The summed E-state index contributed by atoms with van der Waals surface area (Å²) in [6.45, 7) is 11.5. The average Bonchev–Trinajstić information content (AvgIpc) is 3.18. The van der Waals surface area contributed by atoms with Crippen LogP contribution in [-0.4, -0.2) is 74.7 Å². The van der Waals surface area contributed by atoms with Crippen LogP contribution in [0.1, 0.15) is 54.2 Å². The van der Waals surface area contributed by atoms with Crippen LogP contribution >= 0.6 is 23.1 Å². The lowest BCUT2D eigenvalue weighted by molar-refractivity contribution is -0.159. The number of nitrogens with one attached hydrogen (secondary N) is 2. The van der Waals surface area contributed by atoms with Crippen molar-refractivity contribution in [1.29, 1.82) is 0 Å². The number of hydrogen-bond acceptors (Lipinski definition) is 11. The maximum atomic E-state index is 13.1. The molecule has 208 valence electrons. The second kappa shape index (κ2) is 11.3.